The molecule has 0 radical (unpaired) electrons. The van der Waals surface area contributed by atoms with Gasteiger partial charge in [0.15, 0.2) is 0 Å². The number of hydrogen-bond donors (Lipinski definition) is 2. The number of ether oxygens (including phenoxy) is 2. The highest BCUT2D eigenvalue weighted by atomic mass is 16.5. The Kier molecular flexibility index (Phi) is 12.0. The van der Waals surface area contributed by atoms with Crippen molar-refractivity contribution in [2.45, 2.75) is 31.3 Å². The van der Waals surface area contributed by atoms with Gasteiger partial charge in [0.1, 0.15) is 11.5 Å². The third kappa shape index (κ3) is 9.94. The maximum atomic E-state index is 9.69. The summed E-state index contributed by atoms with van der Waals surface area (Å²) in [5.41, 5.74) is 3.30. The third-order valence-corrected chi connectivity index (χ3v) is 6.33. The fourth-order valence-corrected chi connectivity index (χ4v) is 4.06. The maximum absolute atomic E-state index is 9.69. The molecule has 2 atom stereocenters. The van der Waals surface area contributed by atoms with Gasteiger partial charge in [-0.05, 0) is 48.6 Å². The van der Waals surface area contributed by atoms with E-state index < -0.39 is 0 Å². The van der Waals surface area contributed by atoms with Crippen LogP contribution in [0.2, 0.25) is 0 Å². The van der Waals surface area contributed by atoms with Crippen LogP contribution in [0.25, 0.3) is 0 Å². The number of rotatable bonds is 16. The van der Waals surface area contributed by atoms with Crippen molar-refractivity contribution < 1.29 is 19.7 Å². The summed E-state index contributed by atoms with van der Waals surface area (Å²) in [6.45, 7) is 1.06. The molecule has 41 heavy (non-hydrogen) atoms. The minimum absolute atomic E-state index is 0.0633. The molecular formula is C33H36N4O4. The predicted molar refractivity (Wildman–Crippen MR) is 161 cm³/mol. The molecule has 2 aromatic heterocycles. The van der Waals surface area contributed by atoms with Gasteiger partial charge in [-0.1, -0.05) is 60.7 Å². The minimum atomic E-state index is -0.322. The van der Waals surface area contributed by atoms with Crippen LogP contribution in [-0.2, 0) is 0 Å². The van der Waals surface area contributed by atoms with Crippen molar-refractivity contribution in [2.75, 3.05) is 26.4 Å². The maximum Gasteiger partial charge on any atom is 0.137 e. The Morgan fingerprint density at radius 1 is 0.634 bits per heavy atom. The first-order chi connectivity index (χ1) is 20.2. The molecule has 0 fully saturated rings. The van der Waals surface area contributed by atoms with Crippen LogP contribution in [0.5, 0.6) is 11.5 Å². The highest BCUT2D eigenvalue weighted by Crippen LogP contribution is 2.18. The molecule has 212 valence electrons. The lowest BCUT2D eigenvalue weighted by Crippen LogP contribution is -2.03. The van der Waals surface area contributed by atoms with Gasteiger partial charge in [0.05, 0.1) is 56.1 Å². The van der Waals surface area contributed by atoms with Crippen molar-refractivity contribution >= 4 is 12.4 Å². The smallest absolute Gasteiger partial charge is 0.137 e. The molecule has 2 heterocycles. The highest BCUT2D eigenvalue weighted by Gasteiger charge is 2.08. The molecule has 0 saturated heterocycles. The topological polar surface area (TPSA) is 109 Å². The normalized spacial score (nSPS) is 12.9. The van der Waals surface area contributed by atoms with Gasteiger partial charge in [-0.25, -0.2) is 0 Å². The molecule has 2 N–H and O–H groups in total. The number of aliphatic hydroxyl groups excluding tert-OH is 2. The lowest BCUT2D eigenvalue weighted by molar-refractivity contribution is 0.269. The largest absolute Gasteiger partial charge is 0.493 e. The number of nitrogens with zero attached hydrogens (tertiary/aromatic N) is 4. The Hall–Kier alpha value is -4.40. The van der Waals surface area contributed by atoms with Gasteiger partial charge in [0, 0.05) is 24.7 Å². The zero-order chi connectivity index (χ0) is 28.5. The molecule has 0 unspecified atom stereocenters. The summed E-state index contributed by atoms with van der Waals surface area (Å²) >= 11 is 0. The monoisotopic (exact) mass is 552 g/mol. The molecule has 8 heteroatoms. The number of pyridine rings is 2. The number of benzene rings is 2. The van der Waals surface area contributed by atoms with Gasteiger partial charge in [-0.2, -0.15) is 0 Å². The van der Waals surface area contributed by atoms with Crippen LogP contribution in [0.4, 0.5) is 0 Å². The summed E-state index contributed by atoms with van der Waals surface area (Å²) in [4.78, 5) is 17.7. The lowest BCUT2D eigenvalue weighted by Gasteiger charge is -2.10. The van der Waals surface area contributed by atoms with Crippen molar-refractivity contribution in [3.63, 3.8) is 0 Å². The Labute approximate surface area is 241 Å². The Balaban J connectivity index is 1.13. The lowest BCUT2D eigenvalue weighted by atomic mass is 10.1. The first-order valence-electron chi connectivity index (χ1n) is 13.8. The molecule has 4 aromatic rings. The molecule has 0 aliphatic carbocycles. The highest BCUT2D eigenvalue weighted by molar-refractivity contribution is 5.78. The van der Waals surface area contributed by atoms with Crippen LogP contribution >= 0.6 is 0 Å². The predicted octanol–water partition coefficient (Wildman–Crippen LogP) is 5.41. The minimum Gasteiger partial charge on any atom is -0.493 e. The molecule has 4 rings (SSSR count). The SMILES string of the molecule is OC[C@H](N=Cc1ccc(OCCCCCOc2ccnc(C=N[C@@H](CO)c3ccccc3)c2)cn1)c1ccccc1. The van der Waals surface area contributed by atoms with E-state index in [0.29, 0.717) is 30.4 Å². The third-order valence-electron chi connectivity index (χ3n) is 6.33. The van der Waals surface area contributed by atoms with Gasteiger partial charge < -0.3 is 19.7 Å². The van der Waals surface area contributed by atoms with Gasteiger partial charge in [0.25, 0.3) is 0 Å². The van der Waals surface area contributed by atoms with Gasteiger partial charge in [-0.3, -0.25) is 20.0 Å². The fraction of sp³-hybridized carbons (Fsp3) is 0.273. The van der Waals surface area contributed by atoms with E-state index in [4.69, 9.17) is 9.47 Å². The quantitative estimate of drug-likeness (QED) is 0.142. The second kappa shape index (κ2) is 16.6. The van der Waals surface area contributed by atoms with Crippen molar-refractivity contribution in [3.05, 3.63) is 120 Å². The van der Waals surface area contributed by atoms with Gasteiger partial charge in [0.2, 0.25) is 0 Å². The van der Waals surface area contributed by atoms with Crippen molar-refractivity contribution in [2.24, 2.45) is 9.98 Å². The molecule has 0 aliphatic heterocycles. The van der Waals surface area contributed by atoms with E-state index in [1.807, 2.05) is 84.9 Å². The first kappa shape index (κ1) is 29.6. The van der Waals surface area contributed by atoms with Crippen LogP contribution in [0, 0.1) is 0 Å². The molecular weight excluding hydrogens is 516 g/mol. The zero-order valence-corrected chi connectivity index (χ0v) is 23.0. The van der Waals surface area contributed by atoms with Crippen LogP contribution in [-0.4, -0.2) is 59.0 Å². The summed E-state index contributed by atoms with van der Waals surface area (Å²) in [6.07, 6.45) is 9.49. The molecule has 0 spiro atoms. The Morgan fingerprint density at radius 3 is 1.78 bits per heavy atom. The number of aromatic nitrogens is 2. The Morgan fingerprint density at radius 2 is 1.22 bits per heavy atom. The van der Waals surface area contributed by atoms with Crippen molar-refractivity contribution in [1.29, 1.82) is 0 Å². The zero-order valence-electron chi connectivity index (χ0n) is 23.0. The number of unbranched alkanes of at least 4 members (excludes halogenated alkanes) is 2. The van der Waals surface area contributed by atoms with E-state index in [0.717, 1.165) is 36.1 Å². The summed E-state index contributed by atoms with van der Waals surface area (Å²) < 4.78 is 11.7. The summed E-state index contributed by atoms with van der Waals surface area (Å²) in [7, 11) is 0. The average Bonchev–Trinajstić information content (AvgIpc) is 3.03. The van der Waals surface area contributed by atoms with Gasteiger partial charge >= 0.3 is 0 Å². The second-order valence-electron chi connectivity index (χ2n) is 9.37. The molecule has 0 aliphatic rings. The van der Waals surface area contributed by atoms with E-state index in [-0.39, 0.29) is 25.3 Å². The first-order valence-corrected chi connectivity index (χ1v) is 13.8. The van der Waals surface area contributed by atoms with Gasteiger partial charge in [-0.15, -0.1) is 0 Å². The van der Waals surface area contributed by atoms with E-state index >= 15 is 0 Å². The van der Waals surface area contributed by atoms with Crippen molar-refractivity contribution in [1.82, 2.24) is 9.97 Å². The second-order valence-corrected chi connectivity index (χ2v) is 9.37. The van der Waals surface area contributed by atoms with Crippen LogP contribution < -0.4 is 9.47 Å². The summed E-state index contributed by atoms with van der Waals surface area (Å²) in [5.74, 6) is 1.45. The van der Waals surface area contributed by atoms with E-state index in [1.54, 1.807) is 24.8 Å². The standard InChI is InChI=1S/C33H36N4O4/c38-24-32(26-10-4-1-5-11-26)36-21-28-14-15-31(23-35-28)41-19-9-3-8-18-40-30-16-17-34-29(20-30)22-37-33(25-39)27-12-6-2-7-13-27/h1-2,4-7,10-17,20-23,32-33,38-39H,3,8-9,18-19,24-25H2/t32-,33-/m0/s1. The fourth-order valence-electron chi connectivity index (χ4n) is 4.06. The van der Waals surface area contributed by atoms with Crippen molar-refractivity contribution in [3.8, 4) is 11.5 Å². The van der Waals surface area contributed by atoms with Crippen LogP contribution in [0.1, 0.15) is 53.9 Å². The molecule has 0 saturated carbocycles. The number of hydrogen-bond acceptors (Lipinski definition) is 8. The molecule has 8 nitrogen and oxygen atoms in total. The number of aliphatic hydroxyl groups is 2. The van der Waals surface area contributed by atoms with Crippen LogP contribution in [0.3, 0.4) is 0 Å². The number of aliphatic imine (C=N–C) groups is 2. The Bertz CT molecular complexity index is 1350. The molecule has 0 bridgehead atoms. The van der Waals surface area contributed by atoms with E-state index in [9.17, 15) is 10.2 Å². The molecule has 2 aromatic carbocycles. The molecule has 0 amide bonds. The van der Waals surface area contributed by atoms with Crippen LogP contribution in [0.15, 0.2) is 107 Å². The summed E-state index contributed by atoms with van der Waals surface area (Å²) in [5, 5.41) is 19.3. The summed E-state index contributed by atoms with van der Waals surface area (Å²) in [6, 6.07) is 26.2. The van der Waals surface area contributed by atoms with E-state index in [2.05, 4.69) is 20.0 Å². The van der Waals surface area contributed by atoms with E-state index in [1.165, 1.54) is 0 Å². The average molecular weight is 553 g/mol.